The molecular formula is C30H41N5O4. The van der Waals surface area contributed by atoms with E-state index in [2.05, 4.69) is 15.2 Å². The number of ether oxygens (including phenoxy) is 1. The number of carbonyl (C=O) groups is 2. The minimum atomic E-state index is -0.557. The topological polar surface area (TPSA) is 96.8 Å². The fourth-order valence-electron chi connectivity index (χ4n) is 7.88. The molecule has 1 aliphatic carbocycles. The maximum atomic E-state index is 14.0. The highest BCUT2D eigenvalue weighted by Crippen LogP contribution is 2.47. The monoisotopic (exact) mass is 535 g/mol. The first-order valence-corrected chi connectivity index (χ1v) is 15.0. The van der Waals surface area contributed by atoms with E-state index in [9.17, 15) is 14.4 Å². The molecule has 3 saturated heterocycles. The lowest BCUT2D eigenvalue weighted by Gasteiger charge is -2.34. The van der Waals surface area contributed by atoms with Gasteiger partial charge in [-0.25, -0.2) is 9.78 Å². The second-order valence-electron chi connectivity index (χ2n) is 11.8. The van der Waals surface area contributed by atoms with Crippen molar-refractivity contribution < 1.29 is 14.3 Å². The Labute approximate surface area is 229 Å². The number of likely N-dealkylation sites (tertiary alicyclic amines) is 1. The molecule has 3 aliphatic heterocycles. The van der Waals surface area contributed by atoms with Gasteiger partial charge in [0.25, 0.3) is 5.56 Å². The molecule has 1 aromatic carbocycles. The molecule has 4 fully saturated rings. The number of nitrogens with zero attached hydrogens (tertiary/aromatic N) is 4. The van der Waals surface area contributed by atoms with Crippen molar-refractivity contribution in [2.24, 2.45) is 0 Å². The van der Waals surface area contributed by atoms with Gasteiger partial charge in [-0.15, -0.1) is 0 Å². The molecule has 39 heavy (non-hydrogen) atoms. The molecule has 1 saturated carbocycles. The van der Waals surface area contributed by atoms with E-state index >= 15 is 0 Å². The Bertz CT molecular complexity index is 1270. The Balaban J connectivity index is 1.26. The highest BCUT2D eigenvalue weighted by atomic mass is 16.5. The quantitative estimate of drug-likeness (QED) is 0.561. The first-order chi connectivity index (χ1) is 19.1. The average Bonchev–Trinajstić information content (AvgIpc) is 3.67. The van der Waals surface area contributed by atoms with E-state index < -0.39 is 12.0 Å². The van der Waals surface area contributed by atoms with Gasteiger partial charge in [-0.1, -0.05) is 44.2 Å². The minimum absolute atomic E-state index is 0.0843. The lowest BCUT2D eigenvalue weighted by Crippen LogP contribution is -2.44. The summed E-state index contributed by atoms with van der Waals surface area (Å²) in [5, 5.41) is 3.06. The Morgan fingerprint density at radius 2 is 1.72 bits per heavy atom. The SMILES string of the molecule is COC(=O)[C@@H]1CCCN1C(=O)CNc1nc2ccccc2n([C@@H]2C[C@@H]3CCC2N3C2CCCCCCC2)c1=O. The van der Waals surface area contributed by atoms with Gasteiger partial charge in [-0.3, -0.25) is 19.1 Å². The van der Waals surface area contributed by atoms with Crippen molar-refractivity contribution in [1.29, 1.82) is 0 Å². The van der Waals surface area contributed by atoms with Crippen LogP contribution in [0.25, 0.3) is 11.0 Å². The molecular weight excluding hydrogens is 494 g/mol. The molecule has 1 aromatic heterocycles. The molecule has 1 unspecified atom stereocenters. The highest BCUT2D eigenvalue weighted by Gasteiger charge is 2.50. The molecule has 6 rings (SSSR count). The van der Waals surface area contributed by atoms with Crippen LogP contribution in [0, 0.1) is 0 Å². The van der Waals surface area contributed by atoms with E-state index in [0.29, 0.717) is 31.1 Å². The second-order valence-corrected chi connectivity index (χ2v) is 11.8. The predicted octanol–water partition coefficient (Wildman–Crippen LogP) is 3.86. The van der Waals surface area contributed by atoms with Gasteiger partial charge >= 0.3 is 5.97 Å². The van der Waals surface area contributed by atoms with E-state index in [1.807, 2.05) is 28.8 Å². The lowest BCUT2D eigenvalue weighted by molar-refractivity contribution is -0.150. The largest absolute Gasteiger partial charge is 0.467 e. The fourth-order valence-corrected chi connectivity index (χ4v) is 7.88. The number of methoxy groups -OCH3 is 1. The smallest absolute Gasteiger partial charge is 0.328 e. The van der Waals surface area contributed by atoms with Crippen molar-refractivity contribution in [3.05, 3.63) is 34.6 Å². The number of anilines is 1. The summed E-state index contributed by atoms with van der Waals surface area (Å²) in [7, 11) is 1.34. The highest BCUT2D eigenvalue weighted by molar-refractivity contribution is 5.87. The summed E-state index contributed by atoms with van der Waals surface area (Å²) >= 11 is 0. The maximum absolute atomic E-state index is 14.0. The van der Waals surface area contributed by atoms with Crippen LogP contribution >= 0.6 is 0 Å². The van der Waals surface area contributed by atoms with Gasteiger partial charge in [-0.2, -0.15) is 0 Å². The van der Waals surface area contributed by atoms with E-state index in [1.54, 1.807) is 4.90 Å². The van der Waals surface area contributed by atoms with Gasteiger partial charge in [0.1, 0.15) is 6.04 Å². The second kappa shape index (κ2) is 11.3. The molecule has 9 heteroatoms. The Morgan fingerprint density at radius 1 is 0.949 bits per heavy atom. The number of amides is 1. The van der Waals surface area contributed by atoms with E-state index in [-0.39, 0.29) is 29.9 Å². The number of para-hydroxylation sites is 2. The number of hydrogen-bond donors (Lipinski definition) is 1. The number of hydrogen-bond acceptors (Lipinski definition) is 7. The number of aromatic nitrogens is 2. The number of nitrogens with one attached hydrogen (secondary N) is 1. The summed E-state index contributed by atoms with van der Waals surface area (Å²) in [6, 6.07) is 8.90. The standard InChI is InChI=1S/C30H41N5O4/c1-39-30(38)25-14-9-17-33(25)27(36)19-31-28-29(37)35(23-13-8-7-12-22(23)32-28)26-18-21-15-16-24(26)34(21)20-10-5-3-2-4-6-11-20/h7-8,12-13,20-21,24-26H,2-6,9-11,14-19H2,1H3,(H,31,32)/t21-,24?,25-,26+/m0/s1. The van der Waals surface area contributed by atoms with Crippen molar-refractivity contribution in [3.8, 4) is 0 Å². The van der Waals surface area contributed by atoms with Crippen LogP contribution in [0.4, 0.5) is 5.82 Å². The van der Waals surface area contributed by atoms with Crippen LogP contribution in [0.2, 0.25) is 0 Å². The Morgan fingerprint density at radius 3 is 2.51 bits per heavy atom. The van der Waals surface area contributed by atoms with Gasteiger partial charge < -0.3 is 15.0 Å². The summed E-state index contributed by atoms with van der Waals surface area (Å²) in [4.78, 5) is 48.2. The zero-order chi connectivity index (χ0) is 26.9. The molecule has 0 spiro atoms. The molecule has 9 nitrogen and oxygen atoms in total. The molecule has 1 N–H and O–H groups in total. The Hall–Kier alpha value is -2.94. The van der Waals surface area contributed by atoms with Gasteiger partial charge in [0.15, 0.2) is 5.82 Å². The van der Waals surface area contributed by atoms with Gasteiger partial charge in [0, 0.05) is 24.7 Å². The third kappa shape index (κ3) is 4.94. The first-order valence-electron chi connectivity index (χ1n) is 15.0. The number of rotatable bonds is 6. The third-order valence-corrected chi connectivity index (χ3v) is 9.63. The molecule has 4 atom stereocenters. The van der Waals surface area contributed by atoms with Crippen molar-refractivity contribution >= 4 is 28.7 Å². The molecule has 2 aromatic rings. The van der Waals surface area contributed by atoms with Gasteiger partial charge in [-0.05, 0) is 57.1 Å². The predicted molar refractivity (Wildman–Crippen MR) is 150 cm³/mol. The van der Waals surface area contributed by atoms with E-state index in [1.165, 1.54) is 58.5 Å². The van der Waals surface area contributed by atoms with Crippen LogP contribution in [0.5, 0.6) is 0 Å². The number of esters is 1. The molecule has 210 valence electrons. The van der Waals surface area contributed by atoms with Crippen molar-refractivity contribution in [3.63, 3.8) is 0 Å². The fraction of sp³-hybridized carbons (Fsp3) is 0.667. The van der Waals surface area contributed by atoms with Crippen molar-refractivity contribution in [2.45, 2.75) is 107 Å². The third-order valence-electron chi connectivity index (χ3n) is 9.63. The van der Waals surface area contributed by atoms with Crippen LogP contribution in [0.15, 0.2) is 29.1 Å². The summed E-state index contributed by atoms with van der Waals surface area (Å²) in [5.41, 5.74) is 1.45. The molecule has 0 radical (unpaired) electrons. The van der Waals surface area contributed by atoms with Crippen LogP contribution in [0.1, 0.15) is 83.1 Å². The number of fused-ring (bicyclic) bond motifs is 3. The maximum Gasteiger partial charge on any atom is 0.328 e. The van der Waals surface area contributed by atoms with Crippen LogP contribution in [-0.2, 0) is 14.3 Å². The summed E-state index contributed by atoms with van der Waals surface area (Å²) in [5.74, 6) is -0.410. The Kier molecular flexibility index (Phi) is 7.60. The number of carbonyl (C=O) groups excluding carboxylic acids is 2. The van der Waals surface area contributed by atoms with Crippen LogP contribution in [0.3, 0.4) is 0 Å². The van der Waals surface area contributed by atoms with E-state index in [0.717, 1.165) is 30.3 Å². The first kappa shape index (κ1) is 26.3. The van der Waals surface area contributed by atoms with Crippen LogP contribution in [-0.4, -0.2) is 75.6 Å². The zero-order valence-electron chi connectivity index (χ0n) is 23.0. The van der Waals surface area contributed by atoms with Crippen LogP contribution < -0.4 is 10.9 Å². The average molecular weight is 536 g/mol. The molecule has 2 bridgehead atoms. The molecule has 4 heterocycles. The summed E-state index contributed by atoms with van der Waals surface area (Å²) < 4.78 is 6.86. The normalized spacial score (nSPS) is 28.0. The van der Waals surface area contributed by atoms with Gasteiger partial charge in [0.05, 0.1) is 30.7 Å². The van der Waals surface area contributed by atoms with E-state index in [4.69, 9.17) is 4.74 Å². The molecule has 1 amide bonds. The zero-order valence-corrected chi connectivity index (χ0v) is 23.0. The van der Waals surface area contributed by atoms with Crippen molar-refractivity contribution in [2.75, 3.05) is 25.5 Å². The summed E-state index contributed by atoms with van der Waals surface area (Å²) in [6.07, 6.45) is 13.9. The minimum Gasteiger partial charge on any atom is -0.467 e. The lowest BCUT2D eigenvalue weighted by atomic mass is 9.94. The van der Waals surface area contributed by atoms with Crippen molar-refractivity contribution in [1.82, 2.24) is 19.4 Å². The van der Waals surface area contributed by atoms with Gasteiger partial charge in [0.2, 0.25) is 5.91 Å². The molecule has 4 aliphatic rings. The number of benzene rings is 1. The summed E-state index contributed by atoms with van der Waals surface area (Å²) in [6.45, 7) is 0.427.